The van der Waals surface area contributed by atoms with Gasteiger partial charge in [0.1, 0.15) is 6.54 Å². The van der Waals surface area contributed by atoms with E-state index in [2.05, 4.69) is 69.4 Å². The molecular weight excluding hydrogens is 344 g/mol. The van der Waals surface area contributed by atoms with E-state index >= 15 is 0 Å². The van der Waals surface area contributed by atoms with Crippen molar-refractivity contribution in [3.63, 3.8) is 0 Å². The first-order chi connectivity index (χ1) is 13.4. The molecule has 28 heavy (non-hydrogen) atoms. The average molecular weight is 380 g/mol. The number of rotatable bonds is 6. The first kappa shape index (κ1) is 20.6. The summed E-state index contributed by atoms with van der Waals surface area (Å²) in [6.07, 6.45) is 4.56. The van der Waals surface area contributed by atoms with Crippen LogP contribution in [0.3, 0.4) is 0 Å². The summed E-state index contributed by atoms with van der Waals surface area (Å²) in [4.78, 5) is 13.5. The van der Waals surface area contributed by atoms with Crippen LogP contribution in [0.4, 0.5) is 5.69 Å². The number of amides is 1. The quantitative estimate of drug-likeness (QED) is 0.657. The van der Waals surface area contributed by atoms with E-state index in [4.69, 9.17) is 0 Å². The van der Waals surface area contributed by atoms with Crippen molar-refractivity contribution in [2.75, 3.05) is 18.4 Å². The number of carbonyl (C=O) groups excluding carboxylic acids is 1. The Kier molecular flexibility index (Phi) is 6.56. The van der Waals surface area contributed by atoms with E-state index in [1.807, 2.05) is 6.07 Å². The number of para-hydroxylation sites is 1. The first-order valence-corrected chi connectivity index (χ1v) is 10.7. The van der Waals surface area contributed by atoms with Crippen molar-refractivity contribution in [3.05, 3.63) is 64.7 Å². The minimum absolute atomic E-state index is 0.0133. The van der Waals surface area contributed by atoms with Gasteiger partial charge in [0.25, 0.3) is 5.91 Å². The van der Waals surface area contributed by atoms with E-state index in [1.165, 1.54) is 30.4 Å². The third-order valence-corrected chi connectivity index (χ3v) is 6.40. The van der Waals surface area contributed by atoms with Gasteiger partial charge in [-0.25, -0.2) is 0 Å². The van der Waals surface area contributed by atoms with E-state index in [0.717, 1.165) is 47.4 Å². The zero-order chi connectivity index (χ0) is 20.1. The van der Waals surface area contributed by atoms with Gasteiger partial charge in [0.2, 0.25) is 0 Å². The number of anilines is 1. The van der Waals surface area contributed by atoms with Crippen LogP contribution in [0.5, 0.6) is 0 Å². The Morgan fingerprint density at radius 1 is 0.964 bits per heavy atom. The number of likely N-dealkylation sites (tertiary alicyclic amines) is 1. The smallest absolute Gasteiger partial charge is 0.282 e. The van der Waals surface area contributed by atoms with Crippen molar-refractivity contribution in [2.24, 2.45) is 0 Å². The lowest BCUT2D eigenvalue weighted by molar-refractivity contribution is -0.959. The number of benzene rings is 2. The van der Waals surface area contributed by atoms with Gasteiger partial charge in [-0.1, -0.05) is 55.0 Å². The highest BCUT2D eigenvalue weighted by molar-refractivity contribution is 5.95. The molecule has 1 N–H and O–H groups in total. The summed E-state index contributed by atoms with van der Waals surface area (Å²) in [5, 5.41) is 3.29. The van der Waals surface area contributed by atoms with Gasteiger partial charge in [-0.3, -0.25) is 4.79 Å². The monoisotopic (exact) mass is 379 g/mol. The van der Waals surface area contributed by atoms with Crippen LogP contribution in [0.2, 0.25) is 0 Å². The van der Waals surface area contributed by atoms with Gasteiger partial charge in [-0.05, 0) is 51.2 Å². The fourth-order valence-corrected chi connectivity index (χ4v) is 4.82. The normalized spacial score (nSPS) is 17.1. The number of carbonyl (C=O) groups is 1. The van der Waals surface area contributed by atoms with Crippen LogP contribution in [0.25, 0.3) is 0 Å². The largest absolute Gasteiger partial charge is 0.320 e. The Labute approximate surface area is 170 Å². The van der Waals surface area contributed by atoms with Crippen LogP contribution in [-0.4, -0.2) is 29.5 Å². The molecule has 1 saturated heterocycles. The molecule has 0 bridgehead atoms. The van der Waals surface area contributed by atoms with Crippen LogP contribution in [0.15, 0.2) is 42.5 Å². The maximum absolute atomic E-state index is 13.5. The Bertz CT molecular complexity index is 784. The van der Waals surface area contributed by atoms with Gasteiger partial charge in [0.15, 0.2) is 6.04 Å². The van der Waals surface area contributed by atoms with Gasteiger partial charge in [-0.2, -0.15) is 0 Å². The second-order valence-corrected chi connectivity index (χ2v) is 8.55. The van der Waals surface area contributed by atoms with Crippen molar-refractivity contribution in [1.82, 2.24) is 0 Å². The predicted octanol–water partition coefficient (Wildman–Crippen LogP) is 5.53. The minimum Gasteiger partial charge on any atom is -0.320 e. The van der Waals surface area contributed by atoms with Crippen molar-refractivity contribution in [1.29, 1.82) is 0 Å². The Hall–Kier alpha value is -2.13. The van der Waals surface area contributed by atoms with Crippen molar-refractivity contribution >= 4 is 11.6 Å². The number of nitrogens with zero attached hydrogens (tertiary/aromatic N) is 1. The third kappa shape index (κ3) is 4.47. The van der Waals surface area contributed by atoms with Gasteiger partial charge in [0.05, 0.1) is 13.1 Å². The summed E-state index contributed by atoms with van der Waals surface area (Å²) in [6.45, 7) is 11.6. The van der Waals surface area contributed by atoms with E-state index in [-0.39, 0.29) is 11.9 Å². The van der Waals surface area contributed by atoms with Crippen LogP contribution in [-0.2, 0) is 11.3 Å². The van der Waals surface area contributed by atoms with Crippen molar-refractivity contribution in [3.8, 4) is 0 Å². The fourth-order valence-electron chi connectivity index (χ4n) is 4.82. The molecule has 1 atom stereocenters. The molecule has 0 spiro atoms. The first-order valence-electron chi connectivity index (χ1n) is 10.7. The zero-order valence-corrected chi connectivity index (χ0v) is 17.9. The molecule has 1 unspecified atom stereocenters. The molecule has 1 fully saturated rings. The zero-order valence-electron chi connectivity index (χ0n) is 17.9. The molecule has 1 aliphatic heterocycles. The third-order valence-electron chi connectivity index (χ3n) is 6.40. The predicted molar refractivity (Wildman–Crippen MR) is 117 cm³/mol. The number of hydrogen-bond acceptors (Lipinski definition) is 1. The Morgan fingerprint density at radius 3 is 2.14 bits per heavy atom. The summed E-state index contributed by atoms with van der Waals surface area (Å²) < 4.78 is 0.885. The van der Waals surface area contributed by atoms with Crippen molar-refractivity contribution < 1.29 is 9.28 Å². The Morgan fingerprint density at radius 2 is 1.57 bits per heavy atom. The molecule has 2 aromatic rings. The van der Waals surface area contributed by atoms with Gasteiger partial charge in [0, 0.05) is 17.7 Å². The second kappa shape index (κ2) is 8.91. The summed E-state index contributed by atoms with van der Waals surface area (Å²) in [6, 6.07) is 15.0. The second-order valence-electron chi connectivity index (χ2n) is 8.55. The van der Waals surface area contributed by atoms with Gasteiger partial charge in [-0.15, -0.1) is 0 Å². The molecule has 0 saturated carbocycles. The van der Waals surface area contributed by atoms with E-state index in [9.17, 15) is 4.79 Å². The molecule has 0 aliphatic carbocycles. The molecule has 150 valence electrons. The topological polar surface area (TPSA) is 29.1 Å². The van der Waals surface area contributed by atoms with E-state index < -0.39 is 0 Å². The molecule has 2 aromatic carbocycles. The Balaban J connectivity index is 1.88. The molecule has 3 rings (SSSR count). The highest BCUT2D eigenvalue weighted by atomic mass is 16.2. The van der Waals surface area contributed by atoms with Crippen LogP contribution < -0.4 is 5.32 Å². The lowest BCUT2D eigenvalue weighted by atomic mass is 9.98. The number of hydrogen-bond donors (Lipinski definition) is 1. The van der Waals surface area contributed by atoms with E-state index in [1.54, 1.807) is 0 Å². The maximum atomic E-state index is 13.5. The number of quaternary nitrogens is 1. The summed E-state index contributed by atoms with van der Waals surface area (Å²) in [7, 11) is 0. The fraction of sp³-hybridized carbons (Fsp3) is 0.480. The minimum atomic E-state index is -0.0133. The molecule has 3 nitrogen and oxygen atoms in total. The van der Waals surface area contributed by atoms with Crippen LogP contribution in [0, 0.1) is 20.8 Å². The van der Waals surface area contributed by atoms with Crippen LogP contribution in [0.1, 0.15) is 54.9 Å². The molecule has 1 aliphatic rings. The van der Waals surface area contributed by atoms with Gasteiger partial charge >= 0.3 is 0 Å². The lowest BCUT2D eigenvalue weighted by Crippen LogP contribution is -2.61. The molecule has 1 amide bonds. The lowest BCUT2D eigenvalue weighted by Gasteiger charge is -2.46. The maximum Gasteiger partial charge on any atom is 0.282 e. The SMILES string of the molecule is CCC(C(=O)Nc1c(C)cccc1C)[N+]1(Cc2ccc(C)cc2)CCCCC1. The molecule has 3 heteroatoms. The highest BCUT2D eigenvalue weighted by Crippen LogP contribution is 2.30. The van der Waals surface area contributed by atoms with Gasteiger partial charge < -0.3 is 9.80 Å². The highest BCUT2D eigenvalue weighted by Gasteiger charge is 2.42. The number of aryl methyl sites for hydroxylation is 3. The van der Waals surface area contributed by atoms with Crippen LogP contribution >= 0.6 is 0 Å². The molecule has 0 radical (unpaired) electrons. The van der Waals surface area contributed by atoms with E-state index in [0.29, 0.717) is 0 Å². The number of nitrogens with one attached hydrogen (secondary N) is 1. The summed E-state index contributed by atoms with van der Waals surface area (Å²) in [5.41, 5.74) is 5.87. The molecule has 0 aromatic heterocycles. The molecular formula is C25H35N2O+. The summed E-state index contributed by atoms with van der Waals surface area (Å²) in [5.74, 6) is 0.175. The summed E-state index contributed by atoms with van der Waals surface area (Å²) >= 11 is 0. The number of piperidine rings is 1. The standard InChI is InChI=1S/C25H34N2O/c1-5-23(25(28)26-24-20(3)10-9-11-21(24)4)27(16-7-6-8-17-27)18-22-14-12-19(2)13-15-22/h9-15,23H,5-8,16-18H2,1-4H3/p+1. The average Bonchev–Trinajstić information content (AvgIpc) is 2.68. The molecule has 1 heterocycles. The van der Waals surface area contributed by atoms with Crippen molar-refractivity contribution in [2.45, 2.75) is 66.0 Å².